The van der Waals surface area contributed by atoms with Gasteiger partial charge in [0.2, 0.25) is 0 Å². The fourth-order valence-electron chi connectivity index (χ4n) is 6.27. The second kappa shape index (κ2) is 5.35. The smallest absolute Gasteiger partial charge is 0.0101 e. The standard InChI is InChI=1S/C24H32/c1-6-17(3)20-9-10-21-19-8-7-18-15-16(2)11-13-23(18,4)22(19)12-14-24(20,21)5/h9,12,15,19,21H,2-3,6-8,10-11,13-14H2,1,4-5H3. The van der Waals surface area contributed by atoms with E-state index in [1.54, 1.807) is 16.7 Å². The van der Waals surface area contributed by atoms with Gasteiger partial charge in [-0.15, -0.1) is 0 Å². The highest BCUT2D eigenvalue weighted by molar-refractivity contribution is 5.47. The molecule has 24 heavy (non-hydrogen) atoms. The third-order valence-corrected chi connectivity index (χ3v) is 7.84. The third-order valence-electron chi connectivity index (χ3n) is 7.84. The van der Waals surface area contributed by atoms with Crippen molar-refractivity contribution in [3.8, 4) is 0 Å². The van der Waals surface area contributed by atoms with Gasteiger partial charge in [-0.3, -0.25) is 0 Å². The molecule has 4 unspecified atom stereocenters. The molecule has 0 aromatic rings. The topological polar surface area (TPSA) is 0 Å². The van der Waals surface area contributed by atoms with E-state index in [1.807, 2.05) is 0 Å². The van der Waals surface area contributed by atoms with Crippen LogP contribution in [0.25, 0.3) is 0 Å². The van der Waals surface area contributed by atoms with Gasteiger partial charge in [-0.05, 0) is 67.8 Å². The summed E-state index contributed by atoms with van der Waals surface area (Å²) < 4.78 is 0. The number of hydrogen-bond donors (Lipinski definition) is 0. The van der Waals surface area contributed by atoms with Gasteiger partial charge in [-0.25, -0.2) is 0 Å². The molecular weight excluding hydrogens is 288 g/mol. The molecule has 0 aromatic heterocycles. The van der Waals surface area contributed by atoms with Crippen molar-refractivity contribution in [1.82, 2.24) is 0 Å². The van der Waals surface area contributed by atoms with E-state index in [0.717, 1.165) is 18.3 Å². The number of rotatable bonds is 2. The molecule has 0 aromatic carbocycles. The molecule has 0 heteroatoms. The summed E-state index contributed by atoms with van der Waals surface area (Å²) in [5.74, 6) is 1.56. The molecule has 0 heterocycles. The van der Waals surface area contributed by atoms with E-state index in [9.17, 15) is 0 Å². The fourth-order valence-corrected chi connectivity index (χ4v) is 6.27. The summed E-state index contributed by atoms with van der Waals surface area (Å²) >= 11 is 0. The predicted octanol–water partition coefficient (Wildman–Crippen LogP) is 6.93. The van der Waals surface area contributed by atoms with Crippen LogP contribution in [-0.4, -0.2) is 0 Å². The molecule has 0 saturated heterocycles. The van der Waals surface area contributed by atoms with E-state index in [0.29, 0.717) is 10.8 Å². The van der Waals surface area contributed by atoms with Gasteiger partial charge in [0, 0.05) is 5.41 Å². The Kier molecular flexibility index (Phi) is 3.61. The summed E-state index contributed by atoms with van der Waals surface area (Å²) in [4.78, 5) is 0. The first-order valence-electron chi connectivity index (χ1n) is 9.88. The first kappa shape index (κ1) is 16.2. The van der Waals surface area contributed by atoms with Crippen molar-refractivity contribution in [2.24, 2.45) is 22.7 Å². The van der Waals surface area contributed by atoms with E-state index >= 15 is 0 Å². The van der Waals surface area contributed by atoms with Crippen molar-refractivity contribution in [3.05, 3.63) is 59.3 Å². The summed E-state index contributed by atoms with van der Waals surface area (Å²) in [6.45, 7) is 15.9. The van der Waals surface area contributed by atoms with Gasteiger partial charge in [-0.2, -0.15) is 0 Å². The summed E-state index contributed by atoms with van der Waals surface area (Å²) in [6.07, 6.45) is 16.2. The molecule has 0 radical (unpaired) electrons. The zero-order valence-electron chi connectivity index (χ0n) is 15.8. The molecule has 4 atom stereocenters. The minimum atomic E-state index is 0.315. The summed E-state index contributed by atoms with van der Waals surface area (Å²) in [6, 6.07) is 0. The Morgan fingerprint density at radius 1 is 1.25 bits per heavy atom. The lowest BCUT2D eigenvalue weighted by atomic mass is 9.51. The van der Waals surface area contributed by atoms with E-state index in [4.69, 9.17) is 0 Å². The lowest BCUT2D eigenvalue weighted by Crippen LogP contribution is -2.43. The van der Waals surface area contributed by atoms with Gasteiger partial charge < -0.3 is 0 Å². The van der Waals surface area contributed by atoms with Crippen molar-refractivity contribution in [3.63, 3.8) is 0 Å². The molecule has 4 aliphatic carbocycles. The maximum absolute atomic E-state index is 4.38. The maximum Gasteiger partial charge on any atom is 0.0101 e. The molecule has 1 fully saturated rings. The second-order valence-corrected chi connectivity index (χ2v) is 9.00. The first-order chi connectivity index (χ1) is 11.4. The molecule has 128 valence electrons. The van der Waals surface area contributed by atoms with Crippen LogP contribution in [0.3, 0.4) is 0 Å². The first-order valence-corrected chi connectivity index (χ1v) is 9.88. The Balaban J connectivity index is 1.73. The molecular formula is C24H32. The molecule has 1 saturated carbocycles. The van der Waals surface area contributed by atoms with E-state index in [2.05, 4.69) is 52.2 Å². The highest BCUT2D eigenvalue weighted by Gasteiger charge is 2.53. The summed E-state index contributed by atoms with van der Waals surface area (Å²) in [5.41, 5.74) is 8.36. The Bertz CT molecular complexity index is 698. The van der Waals surface area contributed by atoms with Crippen LogP contribution in [0.2, 0.25) is 0 Å². The van der Waals surface area contributed by atoms with Crippen molar-refractivity contribution in [2.45, 2.75) is 65.7 Å². The Morgan fingerprint density at radius 2 is 2.04 bits per heavy atom. The van der Waals surface area contributed by atoms with Gasteiger partial charge in [0.25, 0.3) is 0 Å². The van der Waals surface area contributed by atoms with Gasteiger partial charge in [0.1, 0.15) is 0 Å². The fraction of sp³-hybridized carbons (Fsp3) is 0.583. The highest BCUT2D eigenvalue weighted by atomic mass is 14.6. The number of fused-ring (bicyclic) bond motifs is 5. The quantitative estimate of drug-likeness (QED) is 0.484. The largest absolute Gasteiger partial charge is 0.0958 e. The third kappa shape index (κ3) is 2.04. The van der Waals surface area contributed by atoms with Crippen LogP contribution in [0, 0.1) is 22.7 Å². The van der Waals surface area contributed by atoms with E-state index in [-0.39, 0.29) is 0 Å². The Labute approximate surface area is 148 Å². The molecule has 0 nitrogen and oxygen atoms in total. The monoisotopic (exact) mass is 320 g/mol. The zero-order valence-corrected chi connectivity index (χ0v) is 15.8. The van der Waals surface area contributed by atoms with E-state index < -0.39 is 0 Å². The van der Waals surface area contributed by atoms with Crippen LogP contribution < -0.4 is 0 Å². The average Bonchev–Trinajstić information content (AvgIpc) is 2.92. The second-order valence-electron chi connectivity index (χ2n) is 9.00. The van der Waals surface area contributed by atoms with Crippen LogP contribution in [-0.2, 0) is 0 Å². The number of hydrogen-bond acceptors (Lipinski definition) is 0. The Morgan fingerprint density at radius 3 is 2.79 bits per heavy atom. The van der Waals surface area contributed by atoms with Crippen molar-refractivity contribution in [2.75, 3.05) is 0 Å². The lowest BCUT2D eigenvalue weighted by molar-refractivity contribution is 0.139. The molecule has 0 N–H and O–H groups in total. The van der Waals surface area contributed by atoms with Gasteiger partial charge in [-0.1, -0.05) is 74.4 Å². The molecule has 0 bridgehead atoms. The zero-order chi connectivity index (χ0) is 17.1. The molecule has 0 amide bonds. The normalized spacial score (nSPS) is 40.8. The number of allylic oxidation sites excluding steroid dienone is 8. The summed E-state index contributed by atoms with van der Waals surface area (Å²) in [7, 11) is 0. The van der Waals surface area contributed by atoms with Crippen LogP contribution >= 0.6 is 0 Å². The molecule has 0 spiro atoms. The maximum atomic E-state index is 4.38. The summed E-state index contributed by atoms with van der Waals surface area (Å²) in [5, 5.41) is 0. The van der Waals surface area contributed by atoms with Gasteiger partial charge in [0.15, 0.2) is 0 Å². The highest BCUT2D eigenvalue weighted by Crippen LogP contribution is 2.64. The van der Waals surface area contributed by atoms with Crippen LogP contribution in [0.4, 0.5) is 0 Å². The van der Waals surface area contributed by atoms with Crippen LogP contribution in [0.1, 0.15) is 65.7 Å². The Hall–Kier alpha value is -1.30. The van der Waals surface area contributed by atoms with Crippen molar-refractivity contribution < 1.29 is 0 Å². The van der Waals surface area contributed by atoms with Gasteiger partial charge >= 0.3 is 0 Å². The SMILES string of the molecule is C=C1C=C2CCC3C(=CCC4(C)C(C(=C)CC)=CCC34)C2(C)CC1. The van der Waals surface area contributed by atoms with Gasteiger partial charge in [0.05, 0.1) is 0 Å². The van der Waals surface area contributed by atoms with Crippen molar-refractivity contribution >= 4 is 0 Å². The molecule has 4 rings (SSSR count). The van der Waals surface area contributed by atoms with E-state index in [1.165, 1.54) is 49.7 Å². The predicted molar refractivity (Wildman–Crippen MR) is 104 cm³/mol. The molecule has 0 aliphatic heterocycles. The average molecular weight is 321 g/mol. The molecule has 4 aliphatic rings. The van der Waals surface area contributed by atoms with Crippen LogP contribution in [0.15, 0.2) is 59.3 Å². The minimum absolute atomic E-state index is 0.315. The van der Waals surface area contributed by atoms with Crippen molar-refractivity contribution in [1.29, 1.82) is 0 Å². The van der Waals surface area contributed by atoms with Crippen LogP contribution in [0.5, 0.6) is 0 Å². The minimum Gasteiger partial charge on any atom is -0.0958 e. The lowest BCUT2D eigenvalue weighted by Gasteiger charge is -2.53.